The van der Waals surface area contributed by atoms with Gasteiger partial charge in [-0.15, -0.1) is 10.2 Å². The van der Waals surface area contributed by atoms with E-state index in [1.54, 1.807) is 12.1 Å². The first kappa shape index (κ1) is 20.3. The van der Waals surface area contributed by atoms with Gasteiger partial charge in [0.1, 0.15) is 18.9 Å². The number of carbonyl (C=O) groups is 1. The Balaban J connectivity index is 1.52. The van der Waals surface area contributed by atoms with Crippen molar-refractivity contribution in [2.24, 2.45) is 0 Å². The number of nitrogens with zero attached hydrogens (tertiary/aromatic N) is 3. The minimum absolute atomic E-state index is 0.0363. The fraction of sp³-hybridized carbons (Fsp3) is 0.550. The maximum Gasteiger partial charge on any atom is 0.233 e. The molecule has 0 unspecified atom stereocenters. The second kappa shape index (κ2) is 9.23. The number of nitrogens with one attached hydrogen (secondary N) is 2. The van der Waals surface area contributed by atoms with Crippen molar-refractivity contribution < 1.29 is 18.8 Å². The predicted molar refractivity (Wildman–Crippen MR) is 108 cm³/mol. The van der Waals surface area contributed by atoms with Gasteiger partial charge >= 0.3 is 0 Å². The summed E-state index contributed by atoms with van der Waals surface area (Å²) >= 11 is 1.42. The molecule has 2 aliphatic rings. The molecule has 1 aliphatic carbocycles. The maximum atomic E-state index is 13.4. The molecule has 7 nitrogen and oxygen atoms in total. The van der Waals surface area contributed by atoms with E-state index in [0.29, 0.717) is 11.9 Å². The molecule has 1 aliphatic heterocycles. The van der Waals surface area contributed by atoms with E-state index in [9.17, 15) is 9.18 Å². The summed E-state index contributed by atoms with van der Waals surface area (Å²) in [5.74, 6) is 0.460. The van der Waals surface area contributed by atoms with Gasteiger partial charge in [-0.25, -0.2) is 4.39 Å². The van der Waals surface area contributed by atoms with Gasteiger partial charge in [-0.05, 0) is 44.0 Å². The highest BCUT2D eigenvalue weighted by Crippen LogP contribution is 2.28. The van der Waals surface area contributed by atoms with E-state index in [2.05, 4.69) is 20.1 Å². The van der Waals surface area contributed by atoms with E-state index >= 15 is 0 Å². The molecule has 1 saturated heterocycles. The number of amides is 1. The van der Waals surface area contributed by atoms with Gasteiger partial charge in [-0.3, -0.25) is 9.36 Å². The third-order valence-corrected chi connectivity index (χ3v) is 6.36. The van der Waals surface area contributed by atoms with Crippen molar-refractivity contribution in [1.29, 1.82) is 0 Å². The van der Waals surface area contributed by atoms with Crippen LogP contribution in [0.3, 0.4) is 0 Å². The molecule has 2 aromatic rings. The van der Waals surface area contributed by atoms with Gasteiger partial charge in [0.15, 0.2) is 11.0 Å². The number of morpholine rings is 1. The number of hydrogen-bond donors (Lipinski definition) is 2. The molecule has 156 valence electrons. The Labute approximate surface area is 174 Å². The van der Waals surface area contributed by atoms with Gasteiger partial charge in [0.25, 0.3) is 0 Å². The molecule has 1 aromatic heterocycles. The van der Waals surface area contributed by atoms with Gasteiger partial charge in [-0.2, -0.15) is 0 Å². The fourth-order valence-electron chi connectivity index (χ4n) is 3.33. The molecule has 1 aromatic carbocycles. The van der Waals surface area contributed by atoms with Gasteiger partial charge in [0, 0.05) is 11.6 Å². The molecule has 29 heavy (non-hydrogen) atoms. The summed E-state index contributed by atoms with van der Waals surface area (Å²) in [6.07, 6.45) is 2.13. The van der Waals surface area contributed by atoms with E-state index in [0.717, 1.165) is 63.0 Å². The zero-order chi connectivity index (χ0) is 20.2. The van der Waals surface area contributed by atoms with Crippen LogP contribution in [0.1, 0.15) is 19.8 Å². The van der Waals surface area contributed by atoms with E-state index in [1.165, 1.54) is 28.8 Å². The average molecular weight is 421 g/mol. The van der Waals surface area contributed by atoms with Crippen molar-refractivity contribution in [3.8, 4) is 11.4 Å². The van der Waals surface area contributed by atoms with E-state index in [-0.39, 0.29) is 17.0 Å². The van der Waals surface area contributed by atoms with Crippen LogP contribution in [0.4, 0.5) is 4.39 Å². The topological polar surface area (TPSA) is 73.5 Å². The number of quaternary nitrogens is 1. The van der Waals surface area contributed by atoms with Crippen molar-refractivity contribution >= 4 is 17.7 Å². The molecule has 1 amide bonds. The van der Waals surface area contributed by atoms with Crippen LogP contribution in [0, 0.1) is 5.82 Å². The van der Waals surface area contributed by atoms with Crippen LogP contribution in [0.2, 0.25) is 0 Å². The monoisotopic (exact) mass is 420 g/mol. The molecule has 1 atom stereocenters. The van der Waals surface area contributed by atoms with Gasteiger partial charge in [0.05, 0.1) is 31.6 Å². The molecule has 0 radical (unpaired) electrons. The molecular formula is C20H27FN5O2S+. The molecule has 0 bridgehead atoms. The molecule has 2 fully saturated rings. The number of hydrogen-bond acceptors (Lipinski definition) is 5. The Kier molecular flexibility index (Phi) is 6.46. The smallest absolute Gasteiger partial charge is 0.233 e. The van der Waals surface area contributed by atoms with Crippen molar-refractivity contribution in [1.82, 2.24) is 20.1 Å². The Hall–Kier alpha value is -1.97. The second-order valence-corrected chi connectivity index (χ2v) is 8.93. The van der Waals surface area contributed by atoms with E-state index in [4.69, 9.17) is 4.74 Å². The fourth-order valence-corrected chi connectivity index (χ4v) is 4.21. The average Bonchev–Trinajstić information content (AvgIpc) is 3.46. The standard InChI is InChI=1S/C20H26FN5O2S/c1-14(19(27)22-17-6-7-17)29-20-24-23-18(15-2-4-16(21)5-3-15)26(20)9-8-25-10-12-28-13-11-25/h2-5,14,17H,6-13H2,1H3,(H,22,27)/p+1/t14-/m0/s1. The summed E-state index contributed by atoms with van der Waals surface area (Å²) < 4.78 is 20.9. The number of benzene rings is 1. The van der Waals surface area contributed by atoms with Crippen LogP contribution in [-0.4, -0.2) is 64.8 Å². The highest BCUT2D eigenvalue weighted by molar-refractivity contribution is 8.00. The van der Waals surface area contributed by atoms with E-state index < -0.39 is 0 Å². The predicted octanol–water partition coefficient (Wildman–Crippen LogP) is 0.759. The van der Waals surface area contributed by atoms with Crippen molar-refractivity contribution in [2.45, 2.75) is 42.8 Å². The highest BCUT2D eigenvalue weighted by atomic mass is 32.2. The molecular weight excluding hydrogens is 393 g/mol. The Morgan fingerprint density at radius 3 is 2.72 bits per heavy atom. The maximum absolute atomic E-state index is 13.4. The molecule has 0 spiro atoms. The third-order valence-electron chi connectivity index (χ3n) is 5.28. The molecule has 2 N–H and O–H groups in total. The summed E-state index contributed by atoms with van der Waals surface area (Å²) in [5.41, 5.74) is 0.817. The first-order valence-electron chi connectivity index (χ1n) is 10.2. The van der Waals surface area contributed by atoms with Crippen LogP contribution in [0.5, 0.6) is 0 Å². The molecule has 4 rings (SSSR count). The lowest BCUT2D eigenvalue weighted by atomic mass is 10.2. The number of carbonyl (C=O) groups excluding carboxylic acids is 1. The lowest BCUT2D eigenvalue weighted by molar-refractivity contribution is -0.908. The Morgan fingerprint density at radius 1 is 1.31 bits per heavy atom. The minimum Gasteiger partial charge on any atom is -0.370 e. The summed E-state index contributed by atoms with van der Waals surface area (Å²) in [6.45, 7) is 7.07. The van der Waals surface area contributed by atoms with Gasteiger partial charge in [-0.1, -0.05) is 11.8 Å². The summed E-state index contributed by atoms with van der Waals surface area (Å²) in [5, 5.41) is 12.2. The van der Waals surface area contributed by atoms with Gasteiger partial charge < -0.3 is 15.0 Å². The zero-order valence-corrected chi connectivity index (χ0v) is 17.4. The van der Waals surface area contributed by atoms with Crippen LogP contribution in [0.15, 0.2) is 29.4 Å². The molecule has 9 heteroatoms. The largest absolute Gasteiger partial charge is 0.370 e. The zero-order valence-electron chi connectivity index (χ0n) is 16.6. The lowest BCUT2D eigenvalue weighted by Gasteiger charge is -2.24. The summed E-state index contributed by atoms with van der Waals surface area (Å²) in [7, 11) is 0. The second-order valence-electron chi connectivity index (χ2n) is 7.62. The van der Waals surface area contributed by atoms with Crippen molar-refractivity contribution in [2.75, 3.05) is 32.8 Å². The molecule has 1 saturated carbocycles. The Bertz CT molecular complexity index is 834. The quantitative estimate of drug-likeness (QED) is 0.617. The van der Waals surface area contributed by atoms with Crippen LogP contribution in [0.25, 0.3) is 11.4 Å². The number of thioether (sulfide) groups is 1. The van der Waals surface area contributed by atoms with Gasteiger partial charge in [0.2, 0.25) is 5.91 Å². The van der Waals surface area contributed by atoms with Crippen molar-refractivity contribution in [3.63, 3.8) is 0 Å². The number of rotatable bonds is 8. The third kappa shape index (κ3) is 5.34. The van der Waals surface area contributed by atoms with Crippen LogP contribution in [-0.2, 0) is 16.1 Å². The lowest BCUT2D eigenvalue weighted by Crippen LogP contribution is -3.14. The summed E-state index contributed by atoms with van der Waals surface area (Å²) in [4.78, 5) is 13.9. The van der Waals surface area contributed by atoms with Crippen molar-refractivity contribution in [3.05, 3.63) is 30.1 Å². The summed E-state index contributed by atoms with van der Waals surface area (Å²) in [6, 6.07) is 6.63. The highest BCUT2D eigenvalue weighted by Gasteiger charge is 2.27. The van der Waals surface area contributed by atoms with Crippen LogP contribution >= 0.6 is 11.8 Å². The van der Waals surface area contributed by atoms with Crippen LogP contribution < -0.4 is 10.2 Å². The number of halogens is 1. The minimum atomic E-state index is -0.280. The molecule has 2 heterocycles. The number of ether oxygens (including phenoxy) is 1. The normalized spacial score (nSPS) is 18.6. The number of aromatic nitrogens is 3. The van der Waals surface area contributed by atoms with E-state index in [1.807, 2.05) is 6.92 Å². The first-order chi connectivity index (χ1) is 14.1. The SMILES string of the molecule is C[C@H](Sc1nnc(-c2ccc(F)cc2)n1CC[NH+]1CCOCC1)C(=O)NC1CC1. The first-order valence-corrected chi connectivity index (χ1v) is 11.1. The Morgan fingerprint density at radius 2 is 2.03 bits per heavy atom.